The van der Waals surface area contributed by atoms with Gasteiger partial charge < -0.3 is 14.6 Å². The number of furan rings is 1. The van der Waals surface area contributed by atoms with Crippen LogP contribution in [0.25, 0.3) is 0 Å². The lowest BCUT2D eigenvalue weighted by Gasteiger charge is -2.25. The topological polar surface area (TPSA) is 62.6 Å². The Hall–Kier alpha value is -2.56. The molecule has 0 bridgehead atoms. The number of nitrogens with one attached hydrogen (secondary N) is 1. The van der Waals surface area contributed by atoms with Crippen molar-refractivity contribution in [3.63, 3.8) is 0 Å². The van der Waals surface area contributed by atoms with Crippen molar-refractivity contribution in [1.82, 2.24) is 10.2 Å². The minimum Gasteiger partial charge on any atom is -0.467 e. The number of carbonyl (C=O) groups excluding carboxylic acids is 2. The number of hydrogen-bond donors (Lipinski definition) is 1. The molecule has 1 aliphatic heterocycles. The summed E-state index contributed by atoms with van der Waals surface area (Å²) >= 11 is 0. The zero-order valence-electron chi connectivity index (χ0n) is 13.3. The van der Waals surface area contributed by atoms with Gasteiger partial charge in [-0.15, -0.1) is 0 Å². The molecule has 2 aromatic rings. The Morgan fingerprint density at radius 3 is 2.70 bits per heavy atom. The molecule has 1 aromatic heterocycles. The van der Waals surface area contributed by atoms with Gasteiger partial charge in [0, 0.05) is 13.5 Å². The van der Waals surface area contributed by atoms with Crippen molar-refractivity contribution in [2.75, 3.05) is 7.05 Å². The maximum Gasteiger partial charge on any atom is 0.226 e. The zero-order valence-corrected chi connectivity index (χ0v) is 13.3. The van der Waals surface area contributed by atoms with Crippen LogP contribution in [0.5, 0.6) is 0 Å². The first-order valence-electron chi connectivity index (χ1n) is 7.68. The van der Waals surface area contributed by atoms with E-state index in [0.29, 0.717) is 12.3 Å². The molecular formula is C18H20N2O3. The molecule has 3 rings (SSSR count). The number of rotatable bonds is 4. The second kappa shape index (κ2) is 6.28. The van der Waals surface area contributed by atoms with E-state index in [0.717, 1.165) is 11.1 Å². The number of carbonyl (C=O) groups is 2. The molecule has 2 amide bonds. The van der Waals surface area contributed by atoms with E-state index in [2.05, 4.69) is 5.32 Å². The fourth-order valence-corrected chi connectivity index (χ4v) is 3.04. The van der Waals surface area contributed by atoms with Crippen LogP contribution in [0.1, 0.15) is 29.3 Å². The van der Waals surface area contributed by atoms with Gasteiger partial charge >= 0.3 is 0 Å². The van der Waals surface area contributed by atoms with E-state index in [4.69, 9.17) is 4.42 Å². The van der Waals surface area contributed by atoms with Crippen LogP contribution >= 0.6 is 0 Å². The number of nitrogens with zero attached hydrogens (tertiary/aromatic N) is 1. The number of hydrogen-bond acceptors (Lipinski definition) is 3. The Labute approximate surface area is 135 Å². The van der Waals surface area contributed by atoms with Gasteiger partial charge in [0.05, 0.1) is 24.8 Å². The molecule has 1 N–H and O–H groups in total. The second-order valence-electron chi connectivity index (χ2n) is 5.97. The van der Waals surface area contributed by atoms with Crippen LogP contribution < -0.4 is 5.32 Å². The van der Waals surface area contributed by atoms with Crippen molar-refractivity contribution in [3.05, 3.63) is 59.5 Å². The van der Waals surface area contributed by atoms with Crippen molar-refractivity contribution in [2.24, 2.45) is 5.92 Å². The quantitative estimate of drug-likeness (QED) is 0.943. The molecule has 5 nitrogen and oxygen atoms in total. The van der Waals surface area contributed by atoms with Crippen LogP contribution in [0.4, 0.5) is 0 Å². The van der Waals surface area contributed by atoms with E-state index >= 15 is 0 Å². The van der Waals surface area contributed by atoms with E-state index in [1.165, 1.54) is 0 Å². The maximum atomic E-state index is 12.6. The molecule has 2 heterocycles. The summed E-state index contributed by atoms with van der Waals surface area (Å²) in [5.41, 5.74) is 2.14. The van der Waals surface area contributed by atoms with Gasteiger partial charge in [0.2, 0.25) is 11.8 Å². The zero-order chi connectivity index (χ0) is 16.4. The third-order valence-electron chi connectivity index (χ3n) is 4.36. The molecule has 1 aliphatic rings. The number of aryl methyl sites for hydroxylation is 1. The van der Waals surface area contributed by atoms with Crippen LogP contribution in [-0.4, -0.2) is 23.8 Å². The molecule has 1 saturated heterocycles. The van der Waals surface area contributed by atoms with E-state index in [1.54, 1.807) is 24.3 Å². The fraction of sp³-hybridized carbons (Fsp3) is 0.333. The highest BCUT2D eigenvalue weighted by Crippen LogP contribution is 2.37. The first-order valence-corrected chi connectivity index (χ1v) is 7.68. The van der Waals surface area contributed by atoms with Crippen LogP contribution in [0.3, 0.4) is 0 Å². The average molecular weight is 312 g/mol. The van der Waals surface area contributed by atoms with Crippen LogP contribution in [0.15, 0.2) is 47.1 Å². The first kappa shape index (κ1) is 15.3. The Kier molecular flexibility index (Phi) is 4.19. The predicted molar refractivity (Wildman–Crippen MR) is 85.4 cm³/mol. The lowest BCUT2D eigenvalue weighted by Crippen LogP contribution is -2.34. The summed E-state index contributed by atoms with van der Waals surface area (Å²) < 4.78 is 5.22. The van der Waals surface area contributed by atoms with Crippen molar-refractivity contribution < 1.29 is 14.0 Å². The molecule has 0 radical (unpaired) electrons. The second-order valence-corrected chi connectivity index (χ2v) is 5.97. The lowest BCUT2D eigenvalue weighted by atomic mass is 9.92. The molecule has 2 atom stereocenters. The summed E-state index contributed by atoms with van der Waals surface area (Å²) in [4.78, 5) is 26.3. The van der Waals surface area contributed by atoms with Crippen LogP contribution in [0.2, 0.25) is 0 Å². The third-order valence-corrected chi connectivity index (χ3v) is 4.36. The molecular weight excluding hydrogens is 292 g/mol. The molecule has 0 saturated carbocycles. The minimum atomic E-state index is -0.384. The Bertz CT molecular complexity index is 692. The van der Waals surface area contributed by atoms with Gasteiger partial charge in [0.15, 0.2) is 0 Å². The average Bonchev–Trinajstić information content (AvgIpc) is 3.15. The highest BCUT2D eigenvalue weighted by Gasteiger charge is 2.42. The van der Waals surface area contributed by atoms with Gasteiger partial charge in [-0.05, 0) is 24.6 Å². The van der Waals surface area contributed by atoms with Gasteiger partial charge in [-0.1, -0.05) is 29.8 Å². The Morgan fingerprint density at radius 2 is 2.04 bits per heavy atom. The molecule has 0 aliphatic carbocycles. The Morgan fingerprint density at radius 1 is 1.30 bits per heavy atom. The smallest absolute Gasteiger partial charge is 0.226 e. The van der Waals surface area contributed by atoms with Gasteiger partial charge in [0.1, 0.15) is 5.76 Å². The maximum absolute atomic E-state index is 12.6. The SMILES string of the molecule is Cc1ccc([C@@H]2[C@H](C(=O)NCc3ccco3)CC(=O)N2C)cc1. The lowest BCUT2D eigenvalue weighted by molar-refractivity contribution is -0.128. The molecule has 1 fully saturated rings. The molecule has 0 spiro atoms. The van der Waals surface area contributed by atoms with Crippen molar-refractivity contribution in [2.45, 2.75) is 25.9 Å². The molecule has 1 aromatic carbocycles. The summed E-state index contributed by atoms with van der Waals surface area (Å²) in [5.74, 6) is 0.187. The molecule has 0 unspecified atom stereocenters. The summed E-state index contributed by atoms with van der Waals surface area (Å²) in [7, 11) is 1.76. The van der Waals surface area contributed by atoms with Crippen LogP contribution in [0, 0.1) is 12.8 Å². The monoisotopic (exact) mass is 312 g/mol. The van der Waals surface area contributed by atoms with Gasteiger partial charge in [-0.2, -0.15) is 0 Å². The van der Waals surface area contributed by atoms with Gasteiger partial charge in [0.25, 0.3) is 0 Å². The minimum absolute atomic E-state index is 0.00581. The summed E-state index contributed by atoms with van der Waals surface area (Å²) in [6.45, 7) is 2.35. The summed E-state index contributed by atoms with van der Waals surface area (Å²) in [6.07, 6.45) is 1.81. The molecule has 5 heteroatoms. The predicted octanol–water partition coefficient (Wildman–Crippen LogP) is 2.42. The van der Waals surface area contributed by atoms with E-state index < -0.39 is 0 Å². The van der Waals surface area contributed by atoms with E-state index in [1.807, 2.05) is 37.3 Å². The van der Waals surface area contributed by atoms with Crippen molar-refractivity contribution in [3.8, 4) is 0 Å². The van der Waals surface area contributed by atoms with E-state index in [9.17, 15) is 9.59 Å². The summed E-state index contributed by atoms with van der Waals surface area (Å²) in [6, 6.07) is 11.4. The fourth-order valence-electron chi connectivity index (χ4n) is 3.04. The number of amides is 2. The standard InChI is InChI=1S/C18H20N2O3/c1-12-5-7-13(8-6-12)17-15(10-16(21)20(17)2)18(22)19-11-14-4-3-9-23-14/h3-9,15,17H,10-11H2,1-2H3,(H,19,22)/t15-,17-/m1/s1. The molecule has 120 valence electrons. The van der Waals surface area contributed by atoms with E-state index in [-0.39, 0.29) is 30.2 Å². The van der Waals surface area contributed by atoms with Crippen molar-refractivity contribution >= 4 is 11.8 Å². The van der Waals surface area contributed by atoms with Gasteiger partial charge in [-0.3, -0.25) is 9.59 Å². The molecule has 23 heavy (non-hydrogen) atoms. The normalized spacial score (nSPS) is 20.8. The number of benzene rings is 1. The van der Waals surface area contributed by atoms with Crippen LogP contribution in [-0.2, 0) is 16.1 Å². The summed E-state index contributed by atoms with van der Waals surface area (Å²) in [5, 5.41) is 2.87. The Balaban J connectivity index is 1.76. The number of likely N-dealkylation sites (tertiary alicyclic amines) is 1. The van der Waals surface area contributed by atoms with Crippen molar-refractivity contribution in [1.29, 1.82) is 0 Å². The highest BCUT2D eigenvalue weighted by atomic mass is 16.3. The highest BCUT2D eigenvalue weighted by molar-refractivity contribution is 5.90. The largest absolute Gasteiger partial charge is 0.467 e. The van der Waals surface area contributed by atoms with Gasteiger partial charge in [-0.25, -0.2) is 0 Å². The first-order chi connectivity index (χ1) is 11.1. The third kappa shape index (κ3) is 3.13.